The minimum atomic E-state index is -0.187. The topological polar surface area (TPSA) is 89.3 Å². The summed E-state index contributed by atoms with van der Waals surface area (Å²) in [6.45, 7) is 1.36. The van der Waals surface area contributed by atoms with E-state index in [2.05, 4.69) is 15.6 Å². The summed E-state index contributed by atoms with van der Waals surface area (Å²) in [5.74, 6) is -0.187. The molecule has 1 aliphatic carbocycles. The molecular weight excluding hydrogens is 268 g/mol. The fraction of sp³-hybridized carbons (Fsp3) is 0.600. The Morgan fingerprint density at radius 2 is 2.19 bits per heavy atom. The van der Waals surface area contributed by atoms with Crippen LogP contribution in [0.2, 0.25) is 0 Å². The Kier molecular flexibility index (Phi) is 5.95. The van der Waals surface area contributed by atoms with E-state index in [1.54, 1.807) is 19.3 Å². The molecule has 0 aromatic carbocycles. The SMILES string of the molecule is CNC(=O)c1cc(NCCOC2CCC(N)CC2)ccn1. The highest BCUT2D eigenvalue weighted by Crippen LogP contribution is 2.19. The monoisotopic (exact) mass is 292 g/mol. The molecule has 6 nitrogen and oxygen atoms in total. The zero-order valence-corrected chi connectivity index (χ0v) is 12.5. The third-order valence-electron chi connectivity index (χ3n) is 3.72. The number of nitrogens with one attached hydrogen (secondary N) is 2. The van der Waals surface area contributed by atoms with Gasteiger partial charge < -0.3 is 21.1 Å². The van der Waals surface area contributed by atoms with Crippen LogP contribution in [0.1, 0.15) is 36.2 Å². The van der Waals surface area contributed by atoms with Gasteiger partial charge in [0.15, 0.2) is 0 Å². The summed E-state index contributed by atoms with van der Waals surface area (Å²) in [5.41, 5.74) is 7.15. The standard InChI is InChI=1S/C15H24N4O2/c1-17-15(20)14-10-12(6-7-19-14)18-8-9-21-13-4-2-11(16)3-5-13/h6-7,10-11,13H,2-5,8-9,16H2,1H3,(H,17,20)(H,18,19). The van der Waals surface area contributed by atoms with E-state index in [4.69, 9.17) is 10.5 Å². The summed E-state index contributed by atoms with van der Waals surface area (Å²) in [4.78, 5) is 15.5. The highest BCUT2D eigenvalue weighted by molar-refractivity contribution is 5.92. The lowest BCUT2D eigenvalue weighted by Gasteiger charge is -2.26. The lowest BCUT2D eigenvalue weighted by atomic mass is 9.94. The molecular formula is C15H24N4O2. The van der Waals surface area contributed by atoms with Gasteiger partial charge in [0.1, 0.15) is 5.69 Å². The van der Waals surface area contributed by atoms with Crippen molar-refractivity contribution in [2.45, 2.75) is 37.8 Å². The largest absolute Gasteiger partial charge is 0.383 e. The zero-order valence-electron chi connectivity index (χ0n) is 12.5. The first-order chi connectivity index (χ1) is 10.2. The Balaban J connectivity index is 1.70. The smallest absolute Gasteiger partial charge is 0.269 e. The molecule has 0 unspecified atom stereocenters. The van der Waals surface area contributed by atoms with Crippen LogP contribution in [0.25, 0.3) is 0 Å². The van der Waals surface area contributed by atoms with E-state index < -0.39 is 0 Å². The summed E-state index contributed by atoms with van der Waals surface area (Å²) in [7, 11) is 1.59. The number of nitrogens with zero attached hydrogens (tertiary/aromatic N) is 1. The van der Waals surface area contributed by atoms with Crippen LogP contribution in [0.3, 0.4) is 0 Å². The molecule has 1 amide bonds. The first kappa shape index (κ1) is 15.7. The van der Waals surface area contributed by atoms with Crippen LogP contribution in [0.15, 0.2) is 18.3 Å². The predicted octanol–water partition coefficient (Wildman–Crippen LogP) is 1.14. The first-order valence-corrected chi connectivity index (χ1v) is 7.48. The van der Waals surface area contributed by atoms with E-state index in [1.165, 1.54) is 0 Å². The van der Waals surface area contributed by atoms with E-state index in [9.17, 15) is 4.79 Å². The molecule has 0 bridgehead atoms. The summed E-state index contributed by atoms with van der Waals surface area (Å²) in [6, 6.07) is 3.92. The molecule has 0 saturated heterocycles. The van der Waals surface area contributed by atoms with Gasteiger partial charge in [-0.1, -0.05) is 0 Å². The van der Waals surface area contributed by atoms with Crippen molar-refractivity contribution in [2.75, 3.05) is 25.5 Å². The molecule has 21 heavy (non-hydrogen) atoms. The van der Waals surface area contributed by atoms with Crippen molar-refractivity contribution >= 4 is 11.6 Å². The van der Waals surface area contributed by atoms with Gasteiger partial charge in [-0.25, -0.2) is 0 Å². The second-order valence-electron chi connectivity index (χ2n) is 5.34. The van der Waals surface area contributed by atoms with Crippen molar-refractivity contribution < 1.29 is 9.53 Å². The van der Waals surface area contributed by atoms with Crippen molar-refractivity contribution in [3.8, 4) is 0 Å². The molecule has 116 valence electrons. The number of anilines is 1. The summed E-state index contributed by atoms with van der Waals surface area (Å²) < 4.78 is 5.84. The van der Waals surface area contributed by atoms with Gasteiger partial charge in [0.05, 0.1) is 12.7 Å². The van der Waals surface area contributed by atoms with E-state index in [1.807, 2.05) is 6.07 Å². The average Bonchev–Trinajstić information content (AvgIpc) is 2.53. The molecule has 1 aromatic heterocycles. The van der Waals surface area contributed by atoms with Crippen LogP contribution < -0.4 is 16.4 Å². The number of carbonyl (C=O) groups is 1. The molecule has 0 atom stereocenters. The number of aromatic nitrogens is 1. The lowest BCUT2D eigenvalue weighted by Crippen LogP contribution is -2.31. The maximum atomic E-state index is 11.5. The number of nitrogens with two attached hydrogens (primary N) is 1. The molecule has 6 heteroatoms. The van der Waals surface area contributed by atoms with Crippen LogP contribution in [0, 0.1) is 0 Å². The highest BCUT2D eigenvalue weighted by Gasteiger charge is 2.18. The molecule has 0 aliphatic heterocycles. The third-order valence-corrected chi connectivity index (χ3v) is 3.72. The number of hydrogen-bond donors (Lipinski definition) is 3. The quantitative estimate of drug-likeness (QED) is 0.684. The molecule has 0 spiro atoms. The van der Waals surface area contributed by atoms with Gasteiger partial charge in [-0.15, -0.1) is 0 Å². The Morgan fingerprint density at radius 1 is 1.43 bits per heavy atom. The Bertz CT molecular complexity index is 459. The van der Waals surface area contributed by atoms with Gasteiger partial charge in [-0.2, -0.15) is 0 Å². The molecule has 1 heterocycles. The zero-order chi connectivity index (χ0) is 15.1. The molecule has 2 rings (SSSR count). The molecule has 4 N–H and O–H groups in total. The van der Waals surface area contributed by atoms with Crippen molar-refractivity contribution in [2.24, 2.45) is 5.73 Å². The van der Waals surface area contributed by atoms with E-state index >= 15 is 0 Å². The Labute approximate surface area is 125 Å². The van der Waals surface area contributed by atoms with Crippen molar-refractivity contribution in [1.82, 2.24) is 10.3 Å². The normalized spacial score (nSPS) is 21.8. The average molecular weight is 292 g/mol. The fourth-order valence-corrected chi connectivity index (χ4v) is 2.47. The second-order valence-corrected chi connectivity index (χ2v) is 5.34. The van der Waals surface area contributed by atoms with Crippen LogP contribution in [-0.2, 0) is 4.74 Å². The maximum absolute atomic E-state index is 11.5. The molecule has 1 fully saturated rings. The molecule has 0 radical (unpaired) electrons. The van der Waals surface area contributed by atoms with E-state index in [-0.39, 0.29) is 5.91 Å². The number of carbonyl (C=O) groups excluding carboxylic acids is 1. The fourth-order valence-electron chi connectivity index (χ4n) is 2.47. The second kappa shape index (κ2) is 7.95. The van der Waals surface area contributed by atoms with Crippen molar-refractivity contribution in [1.29, 1.82) is 0 Å². The summed E-state index contributed by atoms with van der Waals surface area (Å²) >= 11 is 0. The van der Waals surface area contributed by atoms with Crippen LogP contribution in [0.5, 0.6) is 0 Å². The number of amides is 1. The molecule has 1 saturated carbocycles. The van der Waals surface area contributed by atoms with Gasteiger partial charge in [0.25, 0.3) is 5.91 Å². The highest BCUT2D eigenvalue weighted by atomic mass is 16.5. The van der Waals surface area contributed by atoms with Crippen molar-refractivity contribution in [3.05, 3.63) is 24.0 Å². The van der Waals surface area contributed by atoms with Gasteiger partial charge in [0, 0.05) is 31.5 Å². The van der Waals surface area contributed by atoms with Gasteiger partial charge in [0.2, 0.25) is 0 Å². The minimum Gasteiger partial charge on any atom is -0.383 e. The summed E-state index contributed by atoms with van der Waals surface area (Å²) in [5, 5.41) is 5.80. The lowest BCUT2D eigenvalue weighted by molar-refractivity contribution is 0.0313. The first-order valence-electron chi connectivity index (χ1n) is 7.48. The predicted molar refractivity (Wildman–Crippen MR) is 82.3 cm³/mol. The Morgan fingerprint density at radius 3 is 2.90 bits per heavy atom. The molecule has 1 aromatic rings. The number of pyridine rings is 1. The van der Waals surface area contributed by atoms with Gasteiger partial charge in [-0.3, -0.25) is 9.78 Å². The third kappa shape index (κ3) is 4.99. The molecule has 1 aliphatic rings. The van der Waals surface area contributed by atoms with Gasteiger partial charge in [-0.05, 0) is 37.8 Å². The maximum Gasteiger partial charge on any atom is 0.269 e. The van der Waals surface area contributed by atoms with Crippen molar-refractivity contribution in [3.63, 3.8) is 0 Å². The van der Waals surface area contributed by atoms with Gasteiger partial charge >= 0.3 is 0 Å². The number of rotatable bonds is 6. The van der Waals surface area contributed by atoms with Crippen LogP contribution >= 0.6 is 0 Å². The van der Waals surface area contributed by atoms with E-state index in [0.29, 0.717) is 31.0 Å². The number of ether oxygens (including phenoxy) is 1. The number of hydrogen-bond acceptors (Lipinski definition) is 5. The van der Waals surface area contributed by atoms with E-state index in [0.717, 1.165) is 31.4 Å². The Hall–Kier alpha value is -1.66. The minimum absolute atomic E-state index is 0.187. The summed E-state index contributed by atoms with van der Waals surface area (Å²) in [6.07, 6.45) is 6.17. The van der Waals surface area contributed by atoms with Crippen LogP contribution in [0.4, 0.5) is 5.69 Å². The van der Waals surface area contributed by atoms with Crippen LogP contribution in [-0.4, -0.2) is 43.2 Å².